The molecule has 172 valence electrons. The summed E-state index contributed by atoms with van der Waals surface area (Å²) in [5.74, 6) is 0.986. The van der Waals surface area contributed by atoms with Crippen LogP contribution in [0.3, 0.4) is 0 Å². The van der Waals surface area contributed by atoms with E-state index in [0.717, 1.165) is 5.56 Å². The second-order valence-corrected chi connectivity index (χ2v) is 8.44. The van der Waals surface area contributed by atoms with Crippen molar-refractivity contribution in [1.82, 2.24) is 9.88 Å². The van der Waals surface area contributed by atoms with Crippen LogP contribution < -0.4 is 19.1 Å². The molecule has 7 nitrogen and oxygen atoms in total. The summed E-state index contributed by atoms with van der Waals surface area (Å²) < 4.78 is 52.6. The number of anilines is 1. The van der Waals surface area contributed by atoms with Gasteiger partial charge in [0.05, 0.1) is 10.2 Å². The smallest absolute Gasteiger partial charge is 0.454 e. The maximum Gasteiger partial charge on any atom is 0.573 e. The van der Waals surface area contributed by atoms with Gasteiger partial charge >= 0.3 is 6.36 Å². The van der Waals surface area contributed by atoms with Crippen LogP contribution in [0.1, 0.15) is 5.56 Å². The van der Waals surface area contributed by atoms with E-state index in [2.05, 4.69) is 9.72 Å². The van der Waals surface area contributed by atoms with Gasteiger partial charge in [0.1, 0.15) is 5.75 Å². The van der Waals surface area contributed by atoms with Gasteiger partial charge in [0.2, 0.25) is 12.7 Å². The third-order valence-corrected chi connectivity index (χ3v) is 6.34. The van der Waals surface area contributed by atoms with E-state index in [1.807, 2.05) is 23.1 Å². The molecular weight excluding hydrogens is 459 g/mol. The zero-order valence-electron chi connectivity index (χ0n) is 17.2. The Morgan fingerprint density at radius 2 is 1.85 bits per heavy atom. The van der Waals surface area contributed by atoms with Gasteiger partial charge in [0.25, 0.3) is 0 Å². The molecule has 2 aliphatic heterocycles. The number of hydrogen-bond acceptors (Lipinski definition) is 7. The van der Waals surface area contributed by atoms with Gasteiger partial charge in [0, 0.05) is 38.3 Å². The predicted molar refractivity (Wildman–Crippen MR) is 117 cm³/mol. The average molecular weight is 477 g/mol. The van der Waals surface area contributed by atoms with E-state index < -0.39 is 6.36 Å². The van der Waals surface area contributed by atoms with Crippen molar-refractivity contribution in [3.05, 3.63) is 48.0 Å². The zero-order valence-corrected chi connectivity index (χ0v) is 18.0. The molecule has 1 amide bonds. The number of piperazine rings is 1. The van der Waals surface area contributed by atoms with Gasteiger partial charge in [-0.25, -0.2) is 4.98 Å². The number of amides is 1. The molecule has 1 fully saturated rings. The van der Waals surface area contributed by atoms with Crippen molar-refractivity contribution >= 4 is 38.7 Å². The largest absolute Gasteiger partial charge is 0.573 e. The second kappa shape index (κ2) is 8.47. The summed E-state index contributed by atoms with van der Waals surface area (Å²) in [6, 6.07) is 9.58. The first-order valence-electron chi connectivity index (χ1n) is 10.1. The molecule has 1 saturated heterocycles. The molecule has 0 saturated carbocycles. The standard InChI is InChI=1S/C22H18F3N3O4S/c23-22(24,25)32-15-3-4-16-19(12-15)33-21(26-16)28-9-7-27(8-10-28)20(29)6-2-14-1-5-17-18(11-14)31-13-30-17/h1-6,11-12H,7-10,13H2/b6-2+. The summed E-state index contributed by atoms with van der Waals surface area (Å²) in [7, 11) is 0. The van der Waals surface area contributed by atoms with Gasteiger partial charge in [-0.1, -0.05) is 17.4 Å². The van der Waals surface area contributed by atoms with Crippen molar-refractivity contribution in [3.63, 3.8) is 0 Å². The summed E-state index contributed by atoms with van der Waals surface area (Å²) in [6.45, 7) is 2.39. The van der Waals surface area contributed by atoms with Crippen LogP contribution in [0.4, 0.5) is 18.3 Å². The number of ether oxygens (including phenoxy) is 3. The molecule has 0 bridgehead atoms. The Bertz CT molecular complexity index is 1220. The first-order chi connectivity index (χ1) is 15.8. The van der Waals surface area contributed by atoms with Crippen LogP contribution >= 0.6 is 11.3 Å². The topological polar surface area (TPSA) is 64.1 Å². The Labute approximate surface area is 190 Å². The van der Waals surface area contributed by atoms with Gasteiger partial charge in [0.15, 0.2) is 16.6 Å². The van der Waals surface area contributed by atoms with Gasteiger partial charge in [-0.05, 0) is 35.9 Å². The molecular formula is C22H18F3N3O4S. The van der Waals surface area contributed by atoms with Crippen LogP contribution in [-0.2, 0) is 4.79 Å². The van der Waals surface area contributed by atoms with E-state index >= 15 is 0 Å². The summed E-state index contributed by atoms with van der Waals surface area (Å²) in [5.41, 5.74) is 1.45. The fourth-order valence-corrected chi connectivity index (χ4v) is 4.68. The van der Waals surface area contributed by atoms with Crippen molar-refractivity contribution in [2.45, 2.75) is 6.36 Å². The normalized spacial score (nSPS) is 16.1. The molecule has 33 heavy (non-hydrogen) atoms. The summed E-state index contributed by atoms with van der Waals surface area (Å²) in [6.07, 6.45) is -1.46. The maximum absolute atomic E-state index is 12.6. The highest BCUT2D eigenvalue weighted by Gasteiger charge is 2.31. The number of aromatic nitrogens is 1. The fourth-order valence-electron chi connectivity index (χ4n) is 3.63. The highest BCUT2D eigenvalue weighted by atomic mass is 32.1. The van der Waals surface area contributed by atoms with Crippen molar-refractivity contribution in [3.8, 4) is 17.2 Å². The van der Waals surface area contributed by atoms with Crippen LogP contribution in [0.25, 0.3) is 16.3 Å². The Morgan fingerprint density at radius 3 is 2.64 bits per heavy atom. The molecule has 3 aromatic rings. The van der Waals surface area contributed by atoms with E-state index in [-0.39, 0.29) is 18.4 Å². The number of carbonyl (C=O) groups excluding carboxylic acids is 1. The Morgan fingerprint density at radius 1 is 1.06 bits per heavy atom. The molecule has 2 aliphatic rings. The van der Waals surface area contributed by atoms with Gasteiger partial charge < -0.3 is 24.0 Å². The minimum absolute atomic E-state index is 0.0921. The van der Waals surface area contributed by atoms with E-state index in [4.69, 9.17) is 9.47 Å². The fraction of sp³-hybridized carbons (Fsp3) is 0.273. The van der Waals surface area contributed by atoms with Crippen LogP contribution in [0.15, 0.2) is 42.5 Å². The highest BCUT2D eigenvalue weighted by Crippen LogP contribution is 2.34. The molecule has 1 aromatic heterocycles. The first kappa shape index (κ1) is 21.4. The minimum atomic E-state index is -4.73. The summed E-state index contributed by atoms with van der Waals surface area (Å²) in [4.78, 5) is 20.9. The van der Waals surface area contributed by atoms with Crippen molar-refractivity contribution in [1.29, 1.82) is 0 Å². The lowest BCUT2D eigenvalue weighted by atomic mass is 10.2. The van der Waals surface area contributed by atoms with Gasteiger partial charge in [-0.3, -0.25) is 4.79 Å². The lowest BCUT2D eigenvalue weighted by Gasteiger charge is -2.34. The highest BCUT2D eigenvalue weighted by molar-refractivity contribution is 7.22. The zero-order chi connectivity index (χ0) is 23.0. The number of carbonyl (C=O) groups is 1. The van der Waals surface area contributed by atoms with Crippen LogP contribution in [0.2, 0.25) is 0 Å². The molecule has 0 atom stereocenters. The Balaban J connectivity index is 1.20. The van der Waals surface area contributed by atoms with Crippen molar-refractivity contribution in [2.24, 2.45) is 0 Å². The van der Waals surface area contributed by atoms with Crippen molar-refractivity contribution in [2.75, 3.05) is 37.9 Å². The number of halogens is 3. The second-order valence-electron chi connectivity index (χ2n) is 7.43. The number of fused-ring (bicyclic) bond motifs is 2. The molecule has 0 unspecified atom stereocenters. The van der Waals surface area contributed by atoms with Crippen LogP contribution in [0.5, 0.6) is 17.2 Å². The third-order valence-electron chi connectivity index (χ3n) is 5.26. The molecule has 11 heteroatoms. The van der Waals surface area contributed by atoms with E-state index in [1.165, 1.54) is 35.6 Å². The average Bonchev–Trinajstić information content (AvgIpc) is 3.42. The van der Waals surface area contributed by atoms with Crippen LogP contribution in [-0.4, -0.2) is 55.1 Å². The molecule has 0 spiro atoms. The Hall–Kier alpha value is -3.47. The monoisotopic (exact) mass is 477 g/mol. The van der Waals surface area contributed by atoms with Crippen molar-refractivity contribution < 1.29 is 32.2 Å². The van der Waals surface area contributed by atoms with Gasteiger partial charge in [-0.2, -0.15) is 0 Å². The molecule has 5 rings (SSSR count). The minimum Gasteiger partial charge on any atom is -0.454 e. The van der Waals surface area contributed by atoms with E-state index in [0.29, 0.717) is 53.0 Å². The molecule has 0 aliphatic carbocycles. The van der Waals surface area contributed by atoms with Gasteiger partial charge in [-0.15, -0.1) is 13.2 Å². The number of nitrogens with zero attached hydrogens (tertiary/aromatic N) is 3. The third kappa shape index (κ3) is 4.82. The van der Waals surface area contributed by atoms with E-state index in [9.17, 15) is 18.0 Å². The molecule has 0 N–H and O–H groups in total. The molecule has 3 heterocycles. The number of benzene rings is 2. The lowest BCUT2D eigenvalue weighted by Crippen LogP contribution is -2.48. The maximum atomic E-state index is 12.6. The lowest BCUT2D eigenvalue weighted by molar-refractivity contribution is -0.274. The summed E-state index contributed by atoms with van der Waals surface area (Å²) >= 11 is 1.30. The SMILES string of the molecule is O=C(/C=C/c1ccc2c(c1)OCO2)N1CCN(c2nc3ccc(OC(F)(F)F)cc3s2)CC1. The quantitative estimate of drug-likeness (QED) is 0.523. The number of thiazole rings is 1. The first-order valence-corrected chi connectivity index (χ1v) is 10.9. The molecule has 0 radical (unpaired) electrons. The number of hydrogen-bond donors (Lipinski definition) is 0. The Kier molecular flexibility index (Phi) is 5.49. The summed E-state index contributed by atoms with van der Waals surface area (Å²) in [5, 5.41) is 0.706. The van der Waals surface area contributed by atoms with E-state index in [1.54, 1.807) is 11.0 Å². The molecule has 2 aromatic carbocycles. The van der Waals surface area contributed by atoms with Crippen LogP contribution in [0, 0.1) is 0 Å². The predicted octanol–water partition coefficient (Wildman–Crippen LogP) is 4.29. The number of alkyl halides is 3. The number of rotatable bonds is 4.